The van der Waals surface area contributed by atoms with Gasteiger partial charge in [0.1, 0.15) is 5.75 Å². The van der Waals surface area contributed by atoms with E-state index in [-0.39, 0.29) is 5.91 Å². The zero-order valence-electron chi connectivity index (χ0n) is 17.2. The predicted molar refractivity (Wildman–Crippen MR) is 123 cm³/mol. The summed E-state index contributed by atoms with van der Waals surface area (Å²) in [4.78, 5) is 21.9. The van der Waals surface area contributed by atoms with E-state index >= 15 is 0 Å². The average molecular weight is 445 g/mol. The van der Waals surface area contributed by atoms with E-state index in [9.17, 15) is 4.79 Å². The molecule has 1 amide bonds. The van der Waals surface area contributed by atoms with Gasteiger partial charge in [-0.1, -0.05) is 35.1 Å². The number of benzene rings is 2. The van der Waals surface area contributed by atoms with Crippen molar-refractivity contribution in [3.8, 4) is 5.75 Å². The molecule has 30 heavy (non-hydrogen) atoms. The Morgan fingerprint density at radius 1 is 1.20 bits per heavy atom. The molecule has 0 unspecified atom stereocenters. The highest BCUT2D eigenvalue weighted by Crippen LogP contribution is 2.33. The number of fused-ring (bicyclic) bond motifs is 1. The van der Waals surface area contributed by atoms with Crippen molar-refractivity contribution in [3.63, 3.8) is 0 Å². The van der Waals surface area contributed by atoms with Gasteiger partial charge in [0.2, 0.25) is 0 Å². The van der Waals surface area contributed by atoms with Crippen molar-refractivity contribution in [3.05, 3.63) is 52.5 Å². The van der Waals surface area contributed by atoms with Gasteiger partial charge in [-0.25, -0.2) is 4.98 Å². The molecule has 8 heteroatoms. The molecule has 4 rings (SSSR count). The molecular formula is C22H25ClN4O2S. The minimum atomic E-state index is -0.102. The van der Waals surface area contributed by atoms with Crippen LogP contribution in [-0.2, 0) is 0 Å². The van der Waals surface area contributed by atoms with Crippen LogP contribution in [0.1, 0.15) is 15.9 Å². The number of aryl methyl sites for hydroxylation is 1. The molecule has 3 aromatic rings. The molecule has 1 aliphatic heterocycles. The van der Waals surface area contributed by atoms with Crippen molar-refractivity contribution in [2.75, 3.05) is 51.3 Å². The highest BCUT2D eigenvalue weighted by molar-refractivity contribution is 7.22. The summed E-state index contributed by atoms with van der Waals surface area (Å²) in [6.07, 6.45) is 0. The third-order valence-corrected chi connectivity index (χ3v) is 6.94. The fourth-order valence-electron chi connectivity index (χ4n) is 3.64. The molecule has 0 radical (unpaired) electrons. The summed E-state index contributed by atoms with van der Waals surface area (Å²) in [5.74, 6) is 0.491. The summed E-state index contributed by atoms with van der Waals surface area (Å²) in [5.41, 5.74) is 2.61. The molecule has 158 valence electrons. The van der Waals surface area contributed by atoms with Crippen LogP contribution >= 0.6 is 22.9 Å². The third-order valence-electron chi connectivity index (χ3n) is 5.44. The number of nitrogens with zero attached hydrogens (tertiary/aromatic N) is 3. The first-order valence-corrected chi connectivity index (χ1v) is 11.2. The smallest absolute Gasteiger partial charge is 0.255 e. The van der Waals surface area contributed by atoms with Crippen molar-refractivity contribution in [2.45, 2.75) is 6.92 Å². The fraction of sp³-hybridized carbons (Fsp3) is 0.364. The van der Waals surface area contributed by atoms with Crippen LogP contribution in [0.2, 0.25) is 5.02 Å². The molecule has 1 aliphatic rings. The second-order valence-electron chi connectivity index (χ2n) is 7.30. The number of hydrogen-bond donors (Lipinski definition) is 1. The number of ether oxygens (including phenoxy) is 1. The number of amides is 1. The van der Waals surface area contributed by atoms with E-state index in [0.717, 1.165) is 54.0 Å². The average Bonchev–Trinajstić information content (AvgIpc) is 3.22. The van der Waals surface area contributed by atoms with Gasteiger partial charge in [0.25, 0.3) is 5.91 Å². The van der Waals surface area contributed by atoms with Gasteiger partial charge in [0, 0.05) is 44.3 Å². The number of nitrogens with one attached hydrogen (secondary N) is 1. The van der Waals surface area contributed by atoms with Gasteiger partial charge < -0.3 is 15.0 Å². The number of carbonyl (C=O) groups excluding carboxylic acids is 1. The number of para-hydroxylation sites is 1. The monoisotopic (exact) mass is 444 g/mol. The minimum Gasteiger partial charge on any atom is -0.496 e. The number of anilines is 1. The summed E-state index contributed by atoms with van der Waals surface area (Å²) < 4.78 is 6.44. The second kappa shape index (κ2) is 9.20. The van der Waals surface area contributed by atoms with E-state index in [1.54, 1.807) is 30.6 Å². The highest BCUT2D eigenvalue weighted by Gasteiger charge is 2.20. The van der Waals surface area contributed by atoms with Gasteiger partial charge >= 0.3 is 0 Å². The SMILES string of the molecule is COc1ccccc1C(=O)NCCN1CCN(c2nc3c(C)c(Cl)ccc3s2)CC1. The third kappa shape index (κ3) is 4.38. The Balaban J connectivity index is 1.28. The van der Waals surface area contributed by atoms with Crippen LogP contribution in [0.25, 0.3) is 10.2 Å². The Labute approximate surface area is 185 Å². The van der Waals surface area contributed by atoms with E-state index in [1.807, 2.05) is 31.2 Å². The Kier molecular flexibility index (Phi) is 6.41. The first-order valence-electron chi connectivity index (χ1n) is 10.0. The quantitative estimate of drug-likeness (QED) is 0.626. The molecule has 0 bridgehead atoms. The zero-order chi connectivity index (χ0) is 21.1. The molecule has 1 saturated heterocycles. The van der Waals surface area contributed by atoms with Crippen molar-refractivity contribution in [1.82, 2.24) is 15.2 Å². The van der Waals surface area contributed by atoms with E-state index in [4.69, 9.17) is 21.3 Å². The van der Waals surface area contributed by atoms with Crippen molar-refractivity contribution < 1.29 is 9.53 Å². The van der Waals surface area contributed by atoms with E-state index in [0.29, 0.717) is 17.9 Å². The summed E-state index contributed by atoms with van der Waals surface area (Å²) in [7, 11) is 1.58. The molecule has 2 heterocycles. The molecule has 0 aliphatic carbocycles. The Hall–Kier alpha value is -2.35. The predicted octanol–water partition coefficient (Wildman–Crippen LogP) is 3.82. The number of rotatable bonds is 6. The number of aromatic nitrogens is 1. The second-order valence-corrected chi connectivity index (χ2v) is 8.72. The fourth-order valence-corrected chi connectivity index (χ4v) is 4.87. The number of carbonyl (C=O) groups is 1. The lowest BCUT2D eigenvalue weighted by Crippen LogP contribution is -2.48. The molecule has 0 spiro atoms. The normalized spacial score (nSPS) is 14.8. The van der Waals surface area contributed by atoms with Gasteiger partial charge in [0.05, 0.1) is 22.9 Å². The largest absolute Gasteiger partial charge is 0.496 e. The summed E-state index contributed by atoms with van der Waals surface area (Å²) in [5, 5.41) is 4.81. The van der Waals surface area contributed by atoms with Crippen LogP contribution in [0.15, 0.2) is 36.4 Å². The lowest BCUT2D eigenvalue weighted by atomic mass is 10.2. The summed E-state index contributed by atoms with van der Waals surface area (Å²) >= 11 is 7.96. The maximum absolute atomic E-state index is 12.4. The van der Waals surface area contributed by atoms with Crippen LogP contribution in [0.5, 0.6) is 5.75 Å². The van der Waals surface area contributed by atoms with Gasteiger partial charge in [-0.05, 0) is 36.8 Å². The van der Waals surface area contributed by atoms with Crippen LogP contribution in [0.4, 0.5) is 5.13 Å². The van der Waals surface area contributed by atoms with Gasteiger partial charge in [-0.2, -0.15) is 0 Å². The number of methoxy groups -OCH3 is 1. The number of thiazole rings is 1. The van der Waals surface area contributed by atoms with E-state index in [2.05, 4.69) is 15.1 Å². The first kappa shape index (κ1) is 20.9. The molecule has 2 aromatic carbocycles. The Morgan fingerprint density at radius 3 is 2.73 bits per heavy atom. The van der Waals surface area contributed by atoms with Crippen molar-refractivity contribution >= 4 is 44.2 Å². The summed E-state index contributed by atoms with van der Waals surface area (Å²) in [6, 6.07) is 11.3. The zero-order valence-corrected chi connectivity index (χ0v) is 18.7. The molecule has 1 N–H and O–H groups in total. The van der Waals surface area contributed by atoms with Gasteiger partial charge in [-0.3, -0.25) is 9.69 Å². The van der Waals surface area contributed by atoms with Crippen LogP contribution in [0.3, 0.4) is 0 Å². The Morgan fingerprint density at radius 2 is 1.97 bits per heavy atom. The van der Waals surface area contributed by atoms with Crippen LogP contribution < -0.4 is 15.0 Å². The first-order chi connectivity index (χ1) is 14.6. The van der Waals surface area contributed by atoms with Crippen LogP contribution in [-0.4, -0.2) is 62.2 Å². The van der Waals surface area contributed by atoms with Crippen LogP contribution in [0, 0.1) is 6.92 Å². The maximum atomic E-state index is 12.4. The number of halogens is 1. The standard InChI is InChI=1S/C22H25ClN4O2S/c1-15-17(23)7-8-19-20(15)25-22(30-19)27-13-11-26(12-14-27)10-9-24-21(28)16-5-3-4-6-18(16)29-2/h3-8H,9-14H2,1-2H3,(H,24,28). The van der Waals surface area contributed by atoms with E-state index in [1.165, 1.54) is 4.70 Å². The number of piperazine rings is 1. The summed E-state index contributed by atoms with van der Waals surface area (Å²) in [6.45, 7) is 7.19. The molecule has 6 nitrogen and oxygen atoms in total. The minimum absolute atomic E-state index is 0.102. The highest BCUT2D eigenvalue weighted by atomic mass is 35.5. The molecule has 1 aromatic heterocycles. The lowest BCUT2D eigenvalue weighted by molar-refractivity contribution is 0.0944. The van der Waals surface area contributed by atoms with Crippen molar-refractivity contribution in [1.29, 1.82) is 0 Å². The molecule has 0 saturated carbocycles. The molecule has 0 atom stereocenters. The molecular weight excluding hydrogens is 420 g/mol. The topological polar surface area (TPSA) is 57.7 Å². The maximum Gasteiger partial charge on any atom is 0.255 e. The van der Waals surface area contributed by atoms with Crippen molar-refractivity contribution in [2.24, 2.45) is 0 Å². The number of hydrogen-bond acceptors (Lipinski definition) is 6. The Bertz CT molecular complexity index is 1050. The van der Waals surface area contributed by atoms with Gasteiger partial charge in [0.15, 0.2) is 5.13 Å². The molecule has 1 fully saturated rings. The van der Waals surface area contributed by atoms with E-state index < -0.39 is 0 Å². The van der Waals surface area contributed by atoms with Gasteiger partial charge in [-0.15, -0.1) is 0 Å². The lowest BCUT2D eigenvalue weighted by Gasteiger charge is -2.34.